The molecule has 0 fully saturated rings. The molecular weight excluding hydrogens is 150 g/mol. The summed E-state index contributed by atoms with van der Waals surface area (Å²) in [7, 11) is 1.57. The molecule has 0 radical (unpaired) electrons. The molecule has 0 rings (SSSR count). The molecule has 0 atom stereocenters. The van der Waals surface area contributed by atoms with Gasteiger partial charge in [-0.15, -0.1) is 0 Å². The summed E-state index contributed by atoms with van der Waals surface area (Å²) in [5.41, 5.74) is -0.670. The zero-order valence-electron chi connectivity index (χ0n) is 6.49. The smallest absolute Gasteiger partial charge is 0.230 e. The van der Waals surface area contributed by atoms with Gasteiger partial charge in [0, 0.05) is 12.1 Å². The van der Waals surface area contributed by atoms with E-state index in [1.54, 1.807) is 20.9 Å². The molecule has 0 aliphatic heterocycles. The first-order valence-corrected chi connectivity index (χ1v) is 3.37. The normalized spacial score (nSPS) is 10.8. The van der Waals surface area contributed by atoms with Gasteiger partial charge < -0.3 is 5.32 Å². The highest BCUT2D eigenvalue weighted by Gasteiger charge is 2.28. The van der Waals surface area contributed by atoms with E-state index in [1.165, 1.54) is 0 Å². The molecule has 0 aromatic rings. The van der Waals surface area contributed by atoms with Crippen molar-refractivity contribution in [1.29, 1.82) is 0 Å². The van der Waals surface area contributed by atoms with Crippen LogP contribution >= 0.6 is 11.6 Å². The number of amides is 1. The van der Waals surface area contributed by atoms with E-state index in [9.17, 15) is 4.79 Å². The van der Waals surface area contributed by atoms with Crippen molar-refractivity contribution < 1.29 is 4.79 Å². The lowest BCUT2D eigenvalue weighted by molar-refractivity contribution is -0.126. The predicted molar refractivity (Wildman–Crippen MR) is 42.8 cm³/mol. The summed E-state index contributed by atoms with van der Waals surface area (Å²) in [5.74, 6) is -0.118. The van der Waals surface area contributed by atoms with Crippen LogP contribution in [0, 0.1) is 5.41 Å². The van der Waals surface area contributed by atoms with Gasteiger partial charge in [-0.25, -0.2) is 0 Å². The minimum absolute atomic E-state index is 0.118. The highest BCUT2D eigenvalue weighted by molar-refractivity contribution is 6.31. The molecule has 3 heteroatoms. The summed E-state index contributed by atoms with van der Waals surface area (Å²) in [4.78, 5) is 11.0. The third kappa shape index (κ3) is 1.74. The van der Waals surface area contributed by atoms with Crippen molar-refractivity contribution in [3.05, 3.63) is 11.6 Å². The number of hydrogen-bond acceptors (Lipinski definition) is 1. The highest BCUT2D eigenvalue weighted by Crippen LogP contribution is 2.27. The Morgan fingerprint density at radius 3 is 2.10 bits per heavy atom. The second-order valence-corrected chi connectivity index (χ2v) is 3.07. The molecule has 0 aliphatic rings. The summed E-state index contributed by atoms with van der Waals surface area (Å²) in [6.07, 6.45) is 0. The van der Waals surface area contributed by atoms with Gasteiger partial charge in [-0.05, 0) is 13.8 Å². The van der Waals surface area contributed by atoms with Gasteiger partial charge in [-0.3, -0.25) is 4.79 Å². The molecule has 1 N–H and O–H groups in total. The largest absolute Gasteiger partial charge is 0.358 e. The molecule has 1 amide bonds. The van der Waals surface area contributed by atoms with E-state index in [0.29, 0.717) is 5.03 Å². The van der Waals surface area contributed by atoms with Gasteiger partial charge >= 0.3 is 0 Å². The van der Waals surface area contributed by atoms with Gasteiger partial charge in [0.2, 0.25) is 5.91 Å². The number of nitrogens with one attached hydrogen (secondary N) is 1. The number of carbonyl (C=O) groups is 1. The summed E-state index contributed by atoms with van der Waals surface area (Å²) in [6.45, 7) is 6.95. The van der Waals surface area contributed by atoms with Crippen LogP contribution in [0.4, 0.5) is 0 Å². The average molecular weight is 162 g/mol. The van der Waals surface area contributed by atoms with Crippen LogP contribution in [0.1, 0.15) is 13.8 Å². The van der Waals surface area contributed by atoms with E-state index in [0.717, 1.165) is 0 Å². The number of rotatable bonds is 2. The quantitative estimate of drug-likeness (QED) is 0.654. The molecule has 0 aromatic carbocycles. The van der Waals surface area contributed by atoms with Crippen LogP contribution < -0.4 is 5.32 Å². The standard InChI is InChI=1S/C7H12ClNO/c1-5(8)7(2,3)6(10)9-4/h1H2,2-4H3,(H,9,10). The predicted octanol–water partition coefficient (Wildman–Crippen LogP) is 1.51. The fourth-order valence-corrected chi connectivity index (χ4v) is 0.522. The minimum atomic E-state index is -0.670. The van der Waals surface area contributed by atoms with Crippen molar-refractivity contribution in [1.82, 2.24) is 5.32 Å². The molecule has 58 valence electrons. The van der Waals surface area contributed by atoms with Crippen molar-refractivity contribution in [2.24, 2.45) is 5.41 Å². The second-order valence-electron chi connectivity index (χ2n) is 2.61. The van der Waals surface area contributed by atoms with Gasteiger partial charge in [0.05, 0.1) is 5.41 Å². The Labute approximate surface area is 66.3 Å². The van der Waals surface area contributed by atoms with Crippen molar-refractivity contribution >= 4 is 17.5 Å². The molecule has 0 bridgehead atoms. The van der Waals surface area contributed by atoms with Gasteiger partial charge in [0.1, 0.15) is 0 Å². The first kappa shape index (κ1) is 9.50. The van der Waals surface area contributed by atoms with E-state index in [-0.39, 0.29) is 5.91 Å². The van der Waals surface area contributed by atoms with E-state index in [1.807, 2.05) is 0 Å². The molecule has 0 aromatic heterocycles. The van der Waals surface area contributed by atoms with Gasteiger partial charge in [-0.2, -0.15) is 0 Å². The van der Waals surface area contributed by atoms with Gasteiger partial charge in [0.25, 0.3) is 0 Å². The van der Waals surface area contributed by atoms with E-state index in [2.05, 4.69) is 11.9 Å². The molecular formula is C7H12ClNO. The summed E-state index contributed by atoms with van der Waals surface area (Å²) < 4.78 is 0. The number of carbonyl (C=O) groups excluding carboxylic acids is 1. The maximum absolute atomic E-state index is 11.0. The van der Waals surface area contributed by atoms with Crippen LogP contribution in [-0.4, -0.2) is 13.0 Å². The lowest BCUT2D eigenvalue weighted by Crippen LogP contribution is -2.34. The lowest BCUT2D eigenvalue weighted by Gasteiger charge is -2.20. The lowest BCUT2D eigenvalue weighted by atomic mass is 9.92. The summed E-state index contributed by atoms with van der Waals surface area (Å²) >= 11 is 5.59. The molecule has 2 nitrogen and oxygen atoms in total. The summed E-state index contributed by atoms with van der Waals surface area (Å²) in [6, 6.07) is 0. The maximum Gasteiger partial charge on any atom is 0.230 e. The first-order chi connectivity index (χ1) is 4.42. The number of halogens is 1. The van der Waals surface area contributed by atoms with Crippen molar-refractivity contribution in [2.75, 3.05) is 7.05 Å². The van der Waals surface area contributed by atoms with Crippen LogP contribution in [-0.2, 0) is 4.79 Å². The molecule has 10 heavy (non-hydrogen) atoms. The Morgan fingerprint density at radius 1 is 1.60 bits per heavy atom. The monoisotopic (exact) mass is 161 g/mol. The Kier molecular flexibility index (Phi) is 2.91. The van der Waals surface area contributed by atoms with Gasteiger partial charge in [-0.1, -0.05) is 18.2 Å². The van der Waals surface area contributed by atoms with Crippen molar-refractivity contribution in [2.45, 2.75) is 13.8 Å². The third-order valence-electron chi connectivity index (χ3n) is 1.47. The molecule has 0 aliphatic carbocycles. The zero-order valence-corrected chi connectivity index (χ0v) is 7.25. The second kappa shape index (κ2) is 3.06. The minimum Gasteiger partial charge on any atom is -0.358 e. The third-order valence-corrected chi connectivity index (χ3v) is 1.95. The molecule has 0 spiro atoms. The summed E-state index contributed by atoms with van der Waals surface area (Å²) in [5, 5.41) is 2.86. The van der Waals surface area contributed by atoms with Crippen LogP contribution in [0.25, 0.3) is 0 Å². The molecule has 0 saturated heterocycles. The van der Waals surface area contributed by atoms with E-state index >= 15 is 0 Å². The van der Waals surface area contributed by atoms with Crippen LogP contribution in [0.2, 0.25) is 0 Å². The van der Waals surface area contributed by atoms with E-state index < -0.39 is 5.41 Å². The zero-order chi connectivity index (χ0) is 8.36. The van der Waals surface area contributed by atoms with E-state index in [4.69, 9.17) is 11.6 Å². The first-order valence-electron chi connectivity index (χ1n) is 3.00. The molecule has 0 saturated carbocycles. The Hall–Kier alpha value is -0.500. The molecule has 0 heterocycles. The van der Waals surface area contributed by atoms with Crippen LogP contribution in [0.5, 0.6) is 0 Å². The fourth-order valence-electron chi connectivity index (χ4n) is 0.436. The average Bonchev–Trinajstić information content (AvgIpc) is 1.86. The SMILES string of the molecule is C=C(Cl)C(C)(C)C(=O)NC. The molecule has 0 unspecified atom stereocenters. The Morgan fingerprint density at radius 2 is 2.00 bits per heavy atom. The van der Waals surface area contributed by atoms with Gasteiger partial charge in [0.15, 0.2) is 0 Å². The van der Waals surface area contributed by atoms with Crippen molar-refractivity contribution in [3.8, 4) is 0 Å². The van der Waals surface area contributed by atoms with Crippen LogP contribution in [0.15, 0.2) is 11.6 Å². The topological polar surface area (TPSA) is 29.1 Å². The maximum atomic E-state index is 11.0. The van der Waals surface area contributed by atoms with Crippen LogP contribution in [0.3, 0.4) is 0 Å². The highest BCUT2D eigenvalue weighted by atomic mass is 35.5. The Balaban J connectivity index is 4.40. The fraction of sp³-hybridized carbons (Fsp3) is 0.571. The Bertz CT molecular complexity index is 163. The van der Waals surface area contributed by atoms with Crippen molar-refractivity contribution in [3.63, 3.8) is 0 Å². The number of hydrogen-bond donors (Lipinski definition) is 1.